The van der Waals surface area contributed by atoms with Crippen LogP contribution < -0.4 is 5.73 Å². The maximum absolute atomic E-state index is 11.2. The Hall–Kier alpha value is -1.56. The summed E-state index contributed by atoms with van der Waals surface area (Å²) in [4.78, 5) is 17.3. The molecule has 0 aliphatic carbocycles. The maximum atomic E-state index is 11.2. The Kier molecular flexibility index (Phi) is 4.30. The molecule has 6 heteroatoms. The van der Waals surface area contributed by atoms with Crippen LogP contribution in [-0.4, -0.2) is 48.2 Å². The van der Waals surface area contributed by atoms with Gasteiger partial charge in [-0.3, -0.25) is 0 Å². The van der Waals surface area contributed by atoms with Gasteiger partial charge in [-0.15, -0.1) is 0 Å². The first-order valence-corrected chi connectivity index (χ1v) is 5.10. The van der Waals surface area contributed by atoms with Gasteiger partial charge in [0.15, 0.2) is 5.69 Å². The monoisotopic (exact) mass is 226 g/mol. The SMILES string of the molecule is COC(=O)c1ncn(CCCN(C)C)c1N. The number of aryl methyl sites for hydroxylation is 1. The highest BCUT2D eigenvalue weighted by atomic mass is 16.5. The van der Waals surface area contributed by atoms with Crippen molar-refractivity contribution in [3.63, 3.8) is 0 Å². The summed E-state index contributed by atoms with van der Waals surface area (Å²) in [5.41, 5.74) is 5.97. The van der Waals surface area contributed by atoms with Gasteiger partial charge in [0.1, 0.15) is 5.82 Å². The number of rotatable bonds is 5. The molecule has 0 saturated carbocycles. The van der Waals surface area contributed by atoms with E-state index in [1.807, 2.05) is 14.1 Å². The Morgan fingerprint density at radius 2 is 2.31 bits per heavy atom. The number of aromatic nitrogens is 2. The second-order valence-electron chi connectivity index (χ2n) is 3.82. The molecule has 1 aromatic rings. The van der Waals surface area contributed by atoms with Gasteiger partial charge in [-0.1, -0.05) is 0 Å². The molecule has 0 bridgehead atoms. The van der Waals surface area contributed by atoms with Gasteiger partial charge in [0.05, 0.1) is 13.4 Å². The average molecular weight is 226 g/mol. The molecule has 0 unspecified atom stereocenters. The number of hydrogen-bond acceptors (Lipinski definition) is 5. The number of imidazole rings is 1. The van der Waals surface area contributed by atoms with Gasteiger partial charge in [-0.2, -0.15) is 0 Å². The topological polar surface area (TPSA) is 73.4 Å². The van der Waals surface area contributed by atoms with Crippen LogP contribution in [-0.2, 0) is 11.3 Å². The van der Waals surface area contributed by atoms with Crippen LogP contribution in [0.3, 0.4) is 0 Å². The van der Waals surface area contributed by atoms with Crippen molar-refractivity contribution in [1.29, 1.82) is 0 Å². The smallest absolute Gasteiger partial charge is 0.360 e. The van der Waals surface area contributed by atoms with Gasteiger partial charge >= 0.3 is 5.97 Å². The number of anilines is 1. The number of nitrogens with zero attached hydrogens (tertiary/aromatic N) is 3. The minimum absolute atomic E-state index is 0.187. The van der Waals surface area contributed by atoms with Gasteiger partial charge in [0.25, 0.3) is 0 Å². The van der Waals surface area contributed by atoms with Crippen LogP contribution in [0.4, 0.5) is 5.82 Å². The standard InChI is InChI=1S/C10H18N4O2/c1-13(2)5-4-6-14-7-12-8(9(14)11)10(15)16-3/h7H,4-6,11H2,1-3H3. The Balaban J connectivity index is 2.62. The number of esters is 1. The van der Waals surface area contributed by atoms with Crippen molar-refractivity contribution in [3.05, 3.63) is 12.0 Å². The van der Waals surface area contributed by atoms with E-state index in [2.05, 4.69) is 14.6 Å². The summed E-state index contributed by atoms with van der Waals surface area (Å²) in [6.45, 7) is 1.71. The molecule has 0 aliphatic heterocycles. The first-order valence-electron chi connectivity index (χ1n) is 5.10. The molecule has 2 N–H and O–H groups in total. The van der Waals surface area contributed by atoms with Crippen LogP contribution in [0, 0.1) is 0 Å². The molecule has 1 rings (SSSR count). The van der Waals surface area contributed by atoms with Crippen molar-refractivity contribution in [3.8, 4) is 0 Å². The largest absolute Gasteiger partial charge is 0.464 e. The van der Waals surface area contributed by atoms with E-state index >= 15 is 0 Å². The molecule has 0 fully saturated rings. The van der Waals surface area contributed by atoms with Crippen LogP contribution in [0.1, 0.15) is 16.9 Å². The van der Waals surface area contributed by atoms with Gasteiger partial charge < -0.3 is 19.9 Å². The second kappa shape index (κ2) is 5.50. The Labute approximate surface area is 95.0 Å². The Morgan fingerprint density at radius 1 is 1.62 bits per heavy atom. The summed E-state index contributed by atoms with van der Waals surface area (Å²) in [7, 11) is 5.33. The Morgan fingerprint density at radius 3 is 2.88 bits per heavy atom. The molecule has 1 heterocycles. The van der Waals surface area contributed by atoms with Gasteiger partial charge in [-0.25, -0.2) is 9.78 Å². The molecule has 1 aromatic heterocycles. The molecule has 90 valence electrons. The third kappa shape index (κ3) is 2.96. The van der Waals surface area contributed by atoms with Crippen molar-refractivity contribution in [1.82, 2.24) is 14.5 Å². The fraction of sp³-hybridized carbons (Fsp3) is 0.600. The van der Waals surface area contributed by atoms with E-state index in [0.29, 0.717) is 5.82 Å². The van der Waals surface area contributed by atoms with E-state index in [1.54, 1.807) is 10.9 Å². The lowest BCUT2D eigenvalue weighted by atomic mass is 10.4. The van der Waals surface area contributed by atoms with Crippen LogP contribution in [0.25, 0.3) is 0 Å². The summed E-state index contributed by atoms with van der Waals surface area (Å²) in [5.74, 6) is -0.130. The molecular weight excluding hydrogens is 208 g/mol. The number of carbonyl (C=O) groups is 1. The van der Waals surface area contributed by atoms with Crippen LogP contribution in [0.5, 0.6) is 0 Å². The number of nitrogen functional groups attached to an aromatic ring is 1. The van der Waals surface area contributed by atoms with Crippen molar-refractivity contribution >= 4 is 11.8 Å². The molecule has 0 saturated heterocycles. The van der Waals surface area contributed by atoms with Crippen molar-refractivity contribution < 1.29 is 9.53 Å². The van der Waals surface area contributed by atoms with E-state index in [9.17, 15) is 4.79 Å². The molecule has 0 aliphatic rings. The van der Waals surface area contributed by atoms with Crippen LogP contribution in [0.2, 0.25) is 0 Å². The predicted octanol–water partition coefficient (Wildman–Crippen LogP) is 0.204. The van der Waals surface area contributed by atoms with E-state index in [-0.39, 0.29) is 5.69 Å². The lowest BCUT2D eigenvalue weighted by molar-refractivity contribution is 0.0596. The summed E-state index contributed by atoms with van der Waals surface area (Å²) < 4.78 is 6.33. The zero-order valence-electron chi connectivity index (χ0n) is 9.93. The molecule has 0 atom stereocenters. The average Bonchev–Trinajstić information content (AvgIpc) is 2.59. The number of nitrogens with two attached hydrogens (primary N) is 1. The van der Waals surface area contributed by atoms with E-state index in [4.69, 9.17) is 5.73 Å². The molecule has 0 amide bonds. The minimum atomic E-state index is -0.496. The quantitative estimate of drug-likeness (QED) is 0.726. The lowest BCUT2D eigenvalue weighted by Gasteiger charge is -2.10. The molecule has 0 aromatic carbocycles. The maximum Gasteiger partial charge on any atom is 0.360 e. The van der Waals surface area contributed by atoms with E-state index in [0.717, 1.165) is 19.5 Å². The summed E-state index contributed by atoms with van der Waals surface area (Å²) in [6, 6.07) is 0. The van der Waals surface area contributed by atoms with E-state index in [1.165, 1.54) is 7.11 Å². The zero-order valence-corrected chi connectivity index (χ0v) is 9.93. The highest BCUT2D eigenvalue weighted by Gasteiger charge is 2.15. The predicted molar refractivity (Wildman–Crippen MR) is 61.1 cm³/mol. The highest BCUT2D eigenvalue weighted by molar-refractivity contribution is 5.91. The number of methoxy groups -OCH3 is 1. The number of carbonyl (C=O) groups excluding carboxylic acids is 1. The van der Waals surface area contributed by atoms with Gasteiger partial charge in [-0.05, 0) is 27.1 Å². The summed E-state index contributed by atoms with van der Waals surface area (Å²) >= 11 is 0. The van der Waals surface area contributed by atoms with E-state index < -0.39 is 5.97 Å². The normalized spacial score (nSPS) is 10.8. The summed E-state index contributed by atoms with van der Waals surface area (Å²) in [6.07, 6.45) is 2.52. The third-order valence-electron chi connectivity index (χ3n) is 2.26. The zero-order chi connectivity index (χ0) is 12.1. The van der Waals surface area contributed by atoms with Crippen molar-refractivity contribution in [2.24, 2.45) is 0 Å². The van der Waals surface area contributed by atoms with Gasteiger partial charge in [0.2, 0.25) is 0 Å². The van der Waals surface area contributed by atoms with Crippen LogP contribution >= 0.6 is 0 Å². The first-order chi connectivity index (χ1) is 7.56. The molecule has 0 radical (unpaired) electrons. The van der Waals surface area contributed by atoms with Crippen molar-refractivity contribution in [2.45, 2.75) is 13.0 Å². The Bertz CT molecular complexity index is 360. The number of hydrogen-bond donors (Lipinski definition) is 1. The highest BCUT2D eigenvalue weighted by Crippen LogP contribution is 2.11. The molecule has 6 nitrogen and oxygen atoms in total. The van der Waals surface area contributed by atoms with Gasteiger partial charge in [0, 0.05) is 6.54 Å². The summed E-state index contributed by atoms with van der Waals surface area (Å²) in [5, 5.41) is 0. The van der Waals surface area contributed by atoms with Crippen molar-refractivity contribution in [2.75, 3.05) is 33.5 Å². The first kappa shape index (κ1) is 12.5. The molecule has 0 spiro atoms. The third-order valence-corrected chi connectivity index (χ3v) is 2.26. The fourth-order valence-electron chi connectivity index (χ4n) is 1.38. The molecular formula is C10H18N4O2. The minimum Gasteiger partial charge on any atom is -0.464 e. The second-order valence-corrected chi connectivity index (χ2v) is 3.82. The lowest BCUT2D eigenvalue weighted by Crippen LogP contribution is -2.15. The number of ether oxygens (including phenoxy) is 1. The molecule has 16 heavy (non-hydrogen) atoms. The fourth-order valence-corrected chi connectivity index (χ4v) is 1.38. The van der Waals surface area contributed by atoms with Crippen LogP contribution in [0.15, 0.2) is 6.33 Å².